The van der Waals surface area contributed by atoms with Crippen molar-refractivity contribution < 1.29 is 4.79 Å². The fourth-order valence-corrected chi connectivity index (χ4v) is 0.157. The van der Waals surface area contributed by atoms with E-state index in [-0.39, 0.29) is 5.68 Å². The smallest absolute Gasteiger partial charge is 0.206 e. The molecule has 1 N–H and O–H groups in total. The first-order valence-corrected chi connectivity index (χ1v) is 2.15. The molecule has 0 aliphatic heterocycles. The average Bonchev–Trinajstić information content (AvgIpc) is 1.35. The second-order valence-electron chi connectivity index (χ2n) is 0.810. The molecule has 0 aliphatic rings. The van der Waals surface area contributed by atoms with Crippen molar-refractivity contribution in [3.05, 3.63) is 0 Å². The molecule has 0 aromatic rings. The highest BCUT2D eigenvalue weighted by molar-refractivity contribution is 7.20. The summed E-state index contributed by atoms with van der Waals surface area (Å²) in [6, 6.07) is 0. The highest BCUT2D eigenvalue weighted by Crippen LogP contribution is 1.81. The first-order chi connectivity index (χ1) is 2.77. The van der Waals surface area contributed by atoms with Crippen molar-refractivity contribution in [2.75, 3.05) is 0 Å². The first kappa shape index (κ1) is 5.96. The Kier molecular flexibility index (Phi) is 3.15. The van der Waals surface area contributed by atoms with Crippen molar-refractivity contribution in [3.63, 3.8) is 0 Å². The van der Waals surface area contributed by atoms with Crippen LogP contribution in [0.1, 0.15) is 0 Å². The van der Waals surface area contributed by atoms with Crippen LogP contribution >= 0.6 is 9.24 Å². The largest absolute Gasteiger partial charge is 0.361 e. The lowest BCUT2D eigenvalue weighted by molar-refractivity contribution is -0.109. The van der Waals surface area contributed by atoms with Gasteiger partial charge in [-0.25, -0.2) is 0 Å². The SMILES string of the molecule is [B]C(P)NC=O. The van der Waals surface area contributed by atoms with Crippen LogP contribution in [0.3, 0.4) is 0 Å². The first-order valence-electron chi connectivity index (χ1n) is 1.48. The van der Waals surface area contributed by atoms with Gasteiger partial charge in [0.2, 0.25) is 6.41 Å². The van der Waals surface area contributed by atoms with Crippen LogP contribution in [0.15, 0.2) is 0 Å². The fraction of sp³-hybridized carbons (Fsp3) is 0.500. The highest BCUT2D eigenvalue weighted by atomic mass is 31.0. The quantitative estimate of drug-likeness (QED) is 0.271. The molecule has 0 aromatic carbocycles. The number of rotatable bonds is 2. The summed E-state index contributed by atoms with van der Waals surface area (Å²) in [6.07, 6.45) is 0.553. The van der Waals surface area contributed by atoms with E-state index in [4.69, 9.17) is 7.85 Å². The fourth-order valence-electron chi connectivity index (χ4n) is 0.0786. The zero-order valence-corrected chi connectivity index (χ0v) is 4.37. The standard InChI is InChI=1S/C2H5BNOP/c3-2(6)4-1-5/h1-2H,6H2,(H,4,5). The van der Waals surface area contributed by atoms with E-state index in [0.717, 1.165) is 0 Å². The molecule has 32 valence electrons. The number of hydrogen-bond acceptors (Lipinski definition) is 1. The number of hydrogen-bond donors (Lipinski definition) is 1. The Morgan fingerprint density at radius 1 is 2.00 bits per heavy atom. The van der Waals surface area contributed by atoms with Gasteiger partial charge in [-0.2, -0.15) is 0 Å². The van der Waals surface area contributed by atoms with Crippen molar-refractivity contribution in [3.8, 4) is 0 Å². The molecule has 0 heterocycles. The molecule has 0 rings (SSSR count). The lowest BCUT2D eigenvalue weighted by atomic mass is 10.1. The van der Waals surface area contributed by atoms with Gasteiger partial charge in [0, 0.05) is 5.68 Å². The molecule has 1 amide bonds. The van der Waals surface area contributed by atoms with Gasteiger partial charge in [-0.3, -0.25) is 4.79 Å². The topological polar surface area (TPSA) is 29.1 Å². The van der Waals surface area contributed by atoms with Crippen LogP contribution in [0.2, 0.25) is 0 Å². The van der Waals surface area contributed by atoms with E-state index in [2.05, 4.69) is 14.6 Å². The van der Waals surface area contributed by atoms with Gasteiger partial charge in [-0.05, 0) is 0 Å². The van der Waals surface area contributed by atoms with Crippen molar-refractivity contribution in [2.24, 2.45) is 0 Å². The van der Waals surface area contributed by atoms with E-state index in [9.17, 15) is 4.79 Å². The molecule has 2 unspecified atom stereocenters. The monoisotopic (exact) mass is 101 g/mol. The second kappa shape index (κ2) is 3.17. The van der Waals surface area contributed by atoms with Gasteiger partial charge in [0.15, 0.2) is 0 Å². The molecular formula is C2H5BNOP. The predicted molar refractivity (Wildman–Crippen MR) is 28.5 cm³/mol. The van der Waals surface area contributed by atoms with Gasteiger partial charge in [-0.15, -0.1) is 9.24 Å². The van der Waals surface area contributed by atoms with Gasteiger partial charge in [0.05, 0.1) is 0 Å². The summed E-state index contributed by atoms with van der Waals surface area (Å²) < 4.78 is 0. The molecule has 2 atom stereocenters. The minimum Gasteiger partial charge on any atom is -0.361 e. The molecule has 2 nitrogen and oxygen atoms in total. The van der Waals surface area contributed by atoms with Crippen molar-refractivity contribution in [1.82, 2.24) is 5.32 Å². The van der Waals surface area contributed by atoms with E-state index in [1.165, 1.54) is 0 Å². The molecule has 0 saturated carbocycles. The maximum Gasteiger partial charge on any atom is 0.206 e. The van der Waals surface area contributed by atoms with Gasteiger partial charge in [0.25, 0.3) is 0 Å². The Bertz CT molecular complexity index is 48.8. The third-order valence-electron chi connectivity index (χ3n) is 0.260. The highest BCUT2D eigenvalue weighted by Gasteiger charge is 1.81. The van der Waals surface area contributed by atoms with Crippen LogP contribution in [0.25, 0.3) is 0 Å². The average molecular weight is 101 g/mol. The zero-order valence-electron chi connectivity index (χ0n) is 3.22. The second-order valence-corrected chi connectivity index (χ2v) is 1.53. The molecule has 0 fully saturated rings. The molecule has 0 saturated heterocycles. The third-order valence-corrected chi connectivity index (χ3v) is 0.453. The van der Waals surface area contributed by atoms with E-state index >= 15 is 0 Å². The van der Waals surface area contributed by atoms with E-state index < -0.39 is 0 Å². The summed E-state index contributed by atoms with van der Waals surface area (Å²) >= 11 is 0. The van der Waals surface area contributed by atoms with Gasteiger partial charge < -0.3 is 5.32 Å². The van der Waals surface area contributed by atoms with Gasteiger partial charge in [0.1, 0.15) is 7.85 Å². The Morgan fingerprint density at radius 2 is 2.50 bits per heavy atom. The normalized spacial score (nSPS) is 12.8. The maximum atomic E-state index is 9.41. The Labute approximate surface area is 40.3 Å². The summed E-state index contributed by atoms with van der Waals surface area (Å²) in [5.74, 6) is 0. The zero-order chi connectivity index (χ0) is 4.99. The number of nitrogens with one attached hydrogen (secondary N) is 1. The van der Waals surface area contributed by atoms with Crippen molar-refractivity contribution >= 4 is 23.5 Å². The lowest BCUT2D eigenvalue weighted by Crippen LogP contribution is -2.20. The molecular weight excluding hydrogens is 95.8 g/mol. The summed E-state index contributed by atoms with van der Waals surface area (Å²) in [4.78, 5) is 9.41. The summed E-state index contributed by atoms with van der Waals surface area (Å²) in [6.45, 7) is 0. The molecule has 4 heteroatoms. The lowest BCUT2D eigenvalue weighted by Gasteiger charge is -1.96. The number of amides is 1. The Hall–Kier alpha value is -0.0351. The summed E-state index contributed by atoms with van der Waals surface area (Å²) in [5.41, 5.74) is -0.303. The van der Waals surface area contributed by atoms with Gasteiger partial charge in [-0.1, -0.05) is 0 Å². The van der Waals surface area contributed by atoms with E-state index in [0.29, 0.717) is 6.41 Å². The van der Waals surface area contributed by atoms with Crippen LogP contribution < -0.4 is 5.32 Å². The van der Waals surface area contributed by atoms with Crippen LogP contribution in [0.5, 0.6) is 0 Å². The molecule has 2 radical (unpaired) electrons. The number of carbonyl (C=O) groups excluding carboxylic acids is 1. The minimum absolute atomic E-state index is 0.303. The van der Waals surface area contributed by atoms with Crippen LogP contribution in [-0.4, -0.2) is 19.9 Å². The van der Waals surface area contributed by atoms with Crippen molar-refractivity contribution in [1.29, 1.82) is 0 Å². The van der Waals surface area contributed by atoms with Crippen LogP contribution in [0, 0.1) is 0 Å². The minimum atomic E-state index is -0.303. The Balaban J connectivity index is 2.81. The van der Waals surface area contributed by atoms with Gasteiger partial charge >= 0.3 is 0 Å². The van der Waals surface area contributed by atoms with Crippen LogP contribution in [0.4, 0.5) is 0 Å². The molecule has 0 spiro atoms. The Morgan fingerprint density at radius 3 is 2.50 bits per heavy atom. The predicted octanol–water partition coefficient (Wildman–Crippen LogP) is -0.940. The summed E-state index contributed by atoms with van der Waals surface area (Å²) in [5, 5.41) is 2.27. The third kappa shape index (κ3) is 3.96. The van der Waals surface area contributed by atoms with Crippen LogP contribution in [-0.2, 0) is 4.79 Å². The molecule has 6 heavy (non-hydrogen) atoms. The maximum absolute atomic E-state index is 9.41. The van der Waals surface area contributed by atoms with E-state index in [1.807, 2.05) is 0 Å². The molecule has 0 aliphatic carbocycles. The number of carbonyl (C=O) groups is 1. The van der Waals surface area contributed by atoms with E-state index in [1.54, 1.807) is 0 Å². The molecule has 0 aromatic heterocycles. The summed E-state index contributed by atoms with van der Waals surface area (Å²) in [7, 11) is 7.24. The van der Waals surface area contributed by atoms with Crippen molar-refractivity contribution in [2.45, 2.75) is 5.68 Å². The molecule has 0 bridgehead atoms.